The highest BCUT2D eigenvalue weighted by Gasteiger charge is 2.39. The second-order valence-corrected chi connectivity index (χ2v) is 8.40. The van der Waals surface area contributed by atoms with Gasteiger partial charge in [0, 0.05) is 6.20 Å². The lowest BCUT2D eigenvalue weighted by molar-refractivity contribution is 0.138. The van der Waals surface area contributed by atoms with Crippen LogP contribution >= 0.6 is 7.60 Å². The van der Waals surface area contributed by atoms with Crippen molar-refractivity contribution in [1.82, 2.24) is 4.98 Å². The molecule has 1 unspecified atom stereocenters. The second-order valence-electron chi connectivity index (χ2n) is 6.38. The molecule has 0 saturated heterocycles. The van der Waals surface area contributed by atoms with Crippen molar-refractivity contribution in [3.05, 3.63) is 54.2 Å². The van der Waals surface area contributed by atoms with Gasteiger partial charge in [-0.2, -0.15) is 0 Å². The summed E-state index contributed by atoms with van der Waals surface area (Å²) in [6.45, 7) is 7.34. The van der Waals surface area contributed by atoms with Crippen LogP contribution in [0.5, 0.6) is 5.75 Å². The van der Waals surface area contributed by atoms with E-state index in [4.69, 9.17) is 13.8 Å². The van der Waals surface area contributed by atoms with E-state index < -0.39 is 13.4 Å². The maximum Gasteiger partial charge on any atom is 0.357 e. The molecule has 6 nitrogen and oxygen atoms in total. The van der Waals surface area contributed by atoms with E-state index in [1.54, 1.807) is 13.3 Å². The molecule has 1 aromatic heterocycles. The lowest BCUT2D eigenvalue weighted by atomic mass is 10.2. The molecule has 0 aliphatic carbocycles. The van der Waals surface area contributed by atoms with Crippen LogP contribution in [-0.4, -0.2) is 24.3 Å². The van der Waals surface area contributed by atoms with Crippen molar-refractivity contribution >= 4 is 13.4 Å². The van der Waals surface area contributed by atoms with Crippen LogP contribution in [0.3, 0.4) is 0 Å². The highest BCUT2D eigenvalue weighted by atomic mass is 31.2. The molecule has 1 heterocycles. The molecule has 2 rings (SSSR count). The van der Waals surface area contributed by atoms with Gasteiger partial charge in [0.15, 0.2) is 5.78 Å². The minimum atomic E-state index is -3.54. The molecule has 0 bridgehead atoms. The molecule has 2 aromatic rings. The molecule has 0 fully saturated rings. The van der Waals surface area contributed by atoms with E-state index in [1.807, 2.05) is 70.2 Å². The summed E-state index contributed by atoms with van der Waals surface area (Å²) in [5.74, 6) is 0.607. The van der Waals surface area contributed by atoms with Gasteiger partial charge in [0.2, 0.25) is 0 Å². The van der Waals surface area contributed by atoms with Crippen LogP contribution in [0.4, 0.5) is 5.82 Å². The Balaban J connectivity index is 2.46. The predicted molar refractivity (Wildman–Crippen MR) is 104 cm³/mol. The van der Waals surface area contributed by atoms with E-state index in [2.05, 4.69) is 10.3 Å². The fourth-order valence-electron chi connectivity index (χ4n) is 2.45. The van der Waals surface area contributed by atoms with Gasteiger partial charge < -0.3 is 19.1 Å². The average Bonchev–Trinajstić information content (AvgIpc) is 2.59. The first-order chi connectivity index (χ1) is 12.3. The van der Waals surface area contributed by atoms with E-state index in [1.165, 1.54) is 0 Å². The highest BCUT2D eigenvalue weighted by molar-refractivity contribution is 7.54. The number of pyridine rings is 1. The quantitative estimate of drug-likeness (QED) is 0.602. The lowest BCUT2D eigenvalue weighted by Crippen LogP contribution is -2.19. The molecule has 0 spiro atoms. The van der Waals surface area contributed by atoms with Gasteiger partial charge in [0.05, 0.1) is 19.3 Å². The van der Waals surface area contributed by atoms with E-state index >= 15 is 0 Å². The maximum atomic E-state index is 13.7. The van der Waals surface area contributed by atoms with E-state index in [-0.39, 0.29) is 12.2 Å². The van der Waals surface area contributed by atoms with Crippen LogP contribution in [-0.2, 0) is 13.6 Å². The molecule has 26 heavy (non-hydrogen) atoms. The third kappa shape index (κ3) is 5.56. The van der Waals surface area contributed by atoms with Gasteiger partial charge in [-0.25, -0.2) is 4.98 Å². The standard InChI is InChI=1S/C19H27N2O4P/c1-14(2)24-26(22,25-15(3)4)19(21-18-8-6-7-13-20-18)16-9-11-17(23-5)12-10-16/h6-15,19H,1-5H3,(H,20,21). The Morgan fingerprint density at radius 3 is 2.04 bits per heavy atom. The first-order valence-corrected chi connectivity index (χ1v) is 10.2. The van der Waals surface area contributed by atoms with Crippen molar-refractivity contribution in [2.75, 3.05) is 12.4 Å². The highest BCUT2D eigenvalue weighted by Crippen LogP contribution is 2.62. The van der Waals surface area contributed by atoms with Crippen molar-refractivity contribution < 1.29 is 18.3 Å². The minimum absolute atomic E-state index is 0.258. The van der Waals surface area contributed by atoms with Crippen LogP contribution in [0, 0.1) is 0 Å². The monoisotopic (exact) mass is 378 g/mol. The predicted octanol–water partition coefficient (Wildman–Crippen LogP) is 5.24. The Bertz CT molecular complexity index is 706. The first kappa shape index (κ1) is 20.4. The molecule has 0 amide bonds. The van der Waals surface area contributed by atoms with Crippen LogP contribution in [0.25, 0.3) is 0 Å². The Morgan fingerprint density at radius 1 is 0.962 bits per heavy atom. The average molecular weight is 378 g/mol. The molecule has 1 N–H and O–H groups in total. The number of methoxy groups -OCH3 is 1. The second kappa shape index (κ2) is 9.17. The van der Waals surface area contributed by atoms with Crippen molar-refractivity contribution in [3.63, 3.8) is 0 Å². The molecular formula is C19H27N2O4P. The minimum Gasteiger partial charge on any atom is -0.497 e. The molecule has 0 aliphatic rings. The van der Waals surface area contributed by atoms with Crippen molar-refractivity contribution in [2.45, 2.75) is 45.7 Å². The number of hydrogen-bond acceptors (Lipinski definition) is 6. The summed E-state index contributed by atoms with van der Waals surface area (Å²) in [6.07, 6.45) is 1.15. The molecule has 1 aromatic carbocycles. The fourth-order valence-corrected chi connectivity index (χ4v) is 4.75. The molecular weight excluding hydrogens is 351 g/mol. The van der Waals surface area contributed by atoms with Gasteiger partial charge in [-0.05, 0) is 57.5 Å². The third-order valence-electron chi connectivity index (χ3n) is 3.41. The third-order valence-corrected chi connectivity index (χ3v) is 5.90. The Kier molecular flexibility index (Phi) is 7.21. The van der Waals surface area contributed by atoms with E-state index in [9.17, 15) is 4.57 Å². The summed E-state index contributed by atoms with van der Waals surface area (Å²) in [7, 11) is -1.94. The summed E-state index contributed by atoms with van der Waals surface area (Å²) in [6, 6.07) is 12.8. The smallest absolute Gasteiger partial charge is 0.357 e. The number of aromatic nitrogens is 1. The van der Waals surface area contributed by atoms with E-state index in [0.29, 0.717) is 5.82 Å². The zero-order chi connectivity index (χ0) is 19.2. The largest absolute Gasteiger partial charge is 0.497 e. The number of nitrogens with zero attached hydrogens (tertiary/aromatic N) is 1. The van der Waals surface area contributed by atoms with E-state index in [0.717, 1.165) is 11.3 Å². The molecule has 1 atom stereocenters. The molecule has 142 valence electrons. The van der Waals surface area contributed by atoms with Crippen LogP contribution in [0.15, 0.2) is 48.7 Å². The molecule has 7 heteroatoms. The fraction of sp³-hybridized carbons (Fsp3) is 0.421. The zero-order valence-electron chi connectivity index (χ0n) is 15.9. The van der Waals surface area contributed by atoms with Gasteiger partial charge in [0.1, 0.15) is 11.6 Å². The summed E-state index contributed by atoms with van der Waals surface area (Å²) in [4.78, 5) is 4.28. The van der Waals surface area contributed by atoms with Crippen molar-refractivity contribution in [3.8, 4) is 5.75 Å². The van der Waals surface area contributed by atoms with Gasteiger partial charge in [-0.3, -0.25) is 4.57 Å². The molecule has 0 aliphatic heterocycles. The van der Waals surface area contributed by atoms with Gasteiger partial charge >= 0.3 is 7.60 Å². The number of rotatable bonds is 9. The number of ether oxygens (including phenoxy) is 1. The Labute approximate surface area is 155 Å². The van der Waals surface area contributed by atoms with Gasteiger partial charge in [-0.1, -0.05) is 18.2 Å². The zero-order valence-corrected chi connectivity index (χ0v) is 16.8. The normalized spacial score (nSPS) is 13.0. The SMILES string of the molecule is COc1ccc(C(Nc2ccccn2)P(=O)(OC(C)C)OC(C)C)cc1. The summed E-state index contributed by atoms with van der Waals surface area (Å²) in [5.41, 5.74) is 0.765. The summed E-state index contributed by atoms with van der Waals surface area (Å²) in [5, 5.41) is 3.22. The molecule has 0 radical (unpaired) electrons. The van der Waals surface area contributed by atoms with Crippen LogP contribution < -0.4 is 10.1 Å². The van der Waals surface area contributed by atoms with Crippen molar-refractivity contribution in [2.24, 2.45) is 0 Å². The number of nitrogens with one attached hydrogen (secondary N) is 1. The maximum absolute atomic E-state index is 13.7. The Morgan fingerprint density at radius 2 is 1.58 bits per heavy atom. The van der Waals surface area contributed by atoms with Crippen LogP contribution in [0.2, 0.25) is 0 Å². The number of hydrogen-bond donors (Lipinski definition) is 1. The Hall–Kier alpha value is -1.88. The van der Waals surface area contributed by atoms with Gasteiger partial charge in [0.25, 0.3) is 0 Å². The topological polar surface area (TPSA) is 69.7 Å². The summed E-state index contributed by atoms with van der Waals surface area (Å²) < 4.78 is 30.6. The number of anilines is 1. The first-order valence-electron chi connectivity index (χ1n) is 8.62. The van der Waals surface area contributed by atoms with Crippen molar-refractivity contribution in [1.29, 1.82) is 0 Å². The number of benzene rings is 1. The lowest BCUT2D eigenvalue weighted by Gasteiger charge is -2.31. The summed E-state index contributed by atoms with van der Waals surface area (Å²) >= 11 is 0. The molecule has 0 saturated carbocycles. The van der Waals surface area contributed by atoms with Gasteiger partial charge in [-0.15, -0.1) is 0 Å². The van der Waals surface area contributed by atoms with Crippen LogP contribution in [0.1, 0.15) is 39.0 Å².